The summed E-state index contributed by atoms with van der Waals surface area (Å²) in [6.45, 7) is 4.18. The summed E-state index contributed by atoms with van der Waals surface area (Å²) in [7, 11) is 1.32. The van der Waals surface area contributed by atoms with Crippen molar-refractivity contribution in [1.29, 1.82) is 0 Å². The van der Waals surface area contributed by atoms with Crippen LogP contribution < -0.4 is 14.8 Å². The van der Waals surface area contributed by atoms with Gasteiger partial charge < -0.3 is 19.7 Å². The number of nitro groups is 1. The molecule has 0 aliphatic rings. The monoisotopic (exact) mass is 443 g/mol. The van der Waals surface area contributed by atoms with Gasteiger partial charge in [0.15, 0.2) is 6.61 Å². The van der Waals surface area contributed by atoms with Crippen LogP contribution in [0.25, 0.3) is 0 Å². The van der Waals surface area contributed by atoms with E-state index in [1.807, 2.05) is 44.2 Å². The Hall–Kier alpha value is -3.62. The van der Waals surface area contributed by atoms with Crippen LogP contribution in [0.5, 0.6) is 11.5 Å². The molecule has 1 N–H and O–H groups in total. The Labute approximate surface area is 187 Å². The number of methoxy groups -OCH3 is 1. The third-order valence-corrected chi connectivity index (χ3v) is 4.93. The van der Waals surface area contributed by atoms with Gasteiger partial charge in [-0.25, -0.2) is 0 Å². The number of carbonyl (C=O) groups is 2. The maximum absolute atomic E-state index is 13.1. The van der Waals surface area contributed by atoms with Gasteiger partial charge in [0, 0.05) is 25.2 Å². The van der Waals surface area contributed by atoms with E-state index in [9.17, 15) is 19.7 Å². The Morgan fingerprint density at radius 2 is 1.88 bits per heavy atom. The highest BCUT2D eigenvalue weighted by Crippen LogP contribution is 2.30. The van der Waals surface area contributed by atoms with Crippen LogP contribution in [0.1, 0.15) is 25.8 Å². The van der Waals surface area contributed by atoms with Crippen molar-refractivity contribution in [2.75, 3.05) is 26.8 Å². The second-order valence-electron chi connectivity index (χ2n) is 7.02. The molecule has 0 spiro atoms. The van der Waals surface area contributed by atoms with Crippen LogP contribution in [0.2, 0.25) is 0 Å². The second-order valence-corrected chi connectivity index (χ2v) is 7.02. The molecule has 2 aromatic carbocycles. The minimum atomic E-state index is -0.624. The fraction of sp³-hybridized carbons (Fsp3) is 0.391. The van der Waals surface area contributed by atoms with E-state index < -0.39 is 11.0 Å². The molecule has 2 aromatic rings. The lowest BCUT2D eigenvalue weighted by molar-refractivity contribution is -0.385. The summed E-state index contributed by atoms with van der Waals surface area (Å²) in [4.78, 5) is 37.6. The molecule has 0 aliphatic carbocycles. The molecule has 0 saturated heterocycles. The van der Waals surface area contributed by atoms with Gasteiger partial charge in [-0.15, -0.1) is 0 Å². The number of amides is 2. The van der Waals surface area contributed by atoms with E-state index >= 15 is 0 Å². The summed E-state index contributed by atoms with van der Waals surface area (Å²) in [5, 5.41) is 13.8. The van der Waals surface area contributed by atoms with Crippen molar-refractivity contribution in [3.63, 3.8) is 0 Å². The zero-order chi connectivity index (χ0) is 23.5. The molecular formula is C23H29N3O6. The predicted molar refractivity (Wildman–Crippen MR) is 120 cm³/mol. The Bertz CT molecular complexity index is 919. The van der Waals surface area contributed by atoms with Crippen molar-refractivity contribution in [1.82, 2.24) is 10.2 Å². The van der Waals surface area contributed by atoms with Gasteiger partial charge in [0.1, 0.15) is 11.8 Å². The van der Waals surface area contributed by atoms with Gasteiger partial charge in [0.2, 0.25) is 11.7 Å². The van der Waals surface area contributed by atoms with Crippen molar-refractivity contribution in [3.8, 4) is 11.5 Å². The maximum Gasteiger partial charge on any atom is 0.311 e. The number of nitro benzene ring substituents is 1. The molecule has 0 unspecified atom stereocenters. The summed E-state index contributed by atoms with van der Waals surface area (Å²) in [6, 6.07) is 13.1. The molecule has 1 atom stereocenters. The van der Waals surface area contributed by atoms with E-state index in [-0.39, 0.29) is 35.6 Å². The fourth-order valence-corrected chi connectivity index (χ4v) is 3.31. The van der Waals surface area contributed by atoms with E-state index in [2.05, 4.69) is 5.32 Å². The normalized spacial score (nSPS) is 11.3. The number of rotatable bonds is 12. The molecule has 0 fully saturated rings. The molecule has 0 aliphatic heterocycles. The van der Waals surface area contributed by atoms with Crippen LogP contribution in [-0.2, 0) is 16.0 Å². The number of benzene rings is 2. The summed E-state index contributed by atoms with van der Waals surface area (Å²) < 4.78 is 10.6. The van der Waals surface area contributed by atoms with Crippen molar-refractivity contribution in [3.05, 3.63) is 64.2 Å². The lowest BCUT2D eigenvalue weighted by Crippen LogP contribution is -2.51. The highest BCUT2D eigenvalue weighted by atomic mass is 16.6. The first-order chi connectivity index (χ1) is 15.4. The van der Waals surface area contributed by atoms with E-state index in [1.165, 1.54) is 30.2 Å². The van der Waals surface area contributed by atoms with Gasteiger partial charge in [0.25, 0.3) is 5.91 Å². The Morgan fingerprint density at radius 3 is 2.47 bits per heavy atom. The molecule has 9 heteroatoms. The van der Waals surface area contributed by atoms with E-state index in [0.29, 0.717) is 25.9 Å². The van der Waals surface area contributed by atoms with Crippen molar-refractivity contribution in [2.24, 2.45) is 0 Å². The molecule has 2 rings (SSSR count). The Morgan fingerprint density at radius 1 is 1.16 bits per heavy atom. The molecule has 9 nitrogen and oxygen atoms in total. The van der Waals surface area contributed by atoms with Gasteiger partial charge >= 0.3 is 5.69 Å². The molecule has 0 aromatic heterocycles. The van der Waals surface area contributed by atoms with Crippen molar-refractivity contribution < 1.29 is 24.0 Å². The third kappa shape index (κ3) is 6.69. The minimum absolute atomic E-state index is 0.0367. The number of nitrogens with one attached hydrogen (secondary N) is 1. The summed E-state index contributed by atoms with van der Waals surface area (Å²) in [5.74, 6) is -0.269. The van der Waals surface area contributed by atoms with Gasteiger partial charge in [-0.1, -0.05) is 37.3 Å². The molecule has 0 heterocycles. The Balaban J connectivity index is 2.15. The largest absolute Gasteiger partial charge is 0.490 e. The van der Waals surface area contributed by atoms with Crippen molar-refractivity contribution in [2.45, 2.75) is 32.7 Å². The van der Waals surface area contributed by atoms with Crippen molar-refractivity contribution >= 4 is 17.5 Å². The second kappa shape index (κ2) is 12.3. The molecule has 0 bridgehead atoms. The average Bonchev–Trinajstić information content (AvgIpc) is 2.80. The third-order valence-electron chi connectivity index (χ3n) is 4.93. The van der Waals surface area contributed by atoms with Crippen LogP contribution in [0.4, 0.5) is 5.69 Å². The van der Waals surface area contributed by atoms with Gasteiger partial charge in [-0.05, 0) is 31.4 Å². The van der Waals surface area contributed by atoms with E-state index in [0.717, 1.165) is 5.56 Å². The van der Waals surface area contributed by atoms with Crippen LogP contribution in [0, 0.1) is 10.1 Å². The topological polar surface area (TPSA) is 111 Å². The molecule has 0 saturated carbocycles. The SMILES string of the molecule is CCNC(=O)[C@H](CC)N(CCc1ccccc1)C(=O)COc1ccc([N+](=O)[O-])c(OC)c1. The number of hydrogen-bond acceptors (Lipinski definition) is 6. The molecule has 0 radical (unpaired) electrons. The van der Waals surface area contributed by atoms with Crippen LogP contribution >= 0.6 is 0 Å². The van der Waals surface area contributed by atoms with Crippen LogP contribution in [-0.4, -0.2) is 54.5 Å². The fourth-order valence-electron chi connectivity index (χ4n) is 3.31. The van der Waals surface area contributed by atoms with Gasteiger partial charge in [-0.2, -0.15) is 0 Å². The summed E-state index contributed by atoms with van der Waals surface area (Å²) in [6.07, 6.45) is 1.05. The lowest BCUT2D eigenvalue weighted by atomic mass is 10.1. The van der Waals surface area contributed by atoms with Gasteiger partial charge in [-0.3, -0.25) is 19.7 Å². The number of ether oxygens (including phenoxy) is 2. The molecule has 32 heavy (non-hydrogen) atoms. The minimum Gasteiger partial charge on any atom is -0.490 e. The van der Waals surface area contributed by atoms with E-state index in [4.69, 9.17) is 9.47 Å². The standard InChI is InChI=1S/C23H29N3O6/c1-4-19(23(28)24-5-2)25(14-13-17-9-7-6-8-10-17)22(27)16-32-18-11-12-20(26(29)30)21(15-18)31-3/h6-12,15,19H,4-5,13-14,16H2,1-3H3,(H,24,28)/t19-/m0/s1. The first kappa shape index (κ1) is 24.6. The summed E-state index contributed by atoms with van der Waals surface area (Å²) in [5.41, 5.74) is 0.857. The number of nitrogens with zero attached hydrogens (tertiary/aromatic N) is 2. The van der Waals surface area contributed by atoms with Crippen LogP contribution in [0.3, 0.4) is 0 Å². The quantitative estimate of drug-likeness (QED) is 0.399. The number of likely N-dealkylation sites (N-methyl/N-ethyl adjacent to an activating group) is 1. The Kier molecular flexibility index (Phi) is 9.46. The van der Waals surface area contributed by atoms with Crippen LogP contribution in [0.15, 0.2) is 48.5 Å². The molecule has 2 amide bonds. The highest BCUT2D eigenvalue weighted by Gasteiger charge is 2.28. The lowest BCUT2D eigenvalue weighted by Gasteiger charge is -2.30. The maximum atomic E-state index is 13.1. The average molecular weight is 444 g/mol. The summed E-state index contributed by atoms with van der Waals surface area (Å²) >= 11 is 0. The zero-order valence-electron chi connectivity index (χ0n) is 18.6. The van der Waals surface area contributed by atoms with E-state index in [1.54, 1.807) is 0 Å². The first-order valence-electron chi connectivity index (χ1n) is 10.5. The predicted octanol–water partition coefficient (Wildman–Crippen LogP) is 2.97. The first-order valence-corrected chi connectivity index (χ1v) is 10.5. The molecule has 172 valence electrons. The molecular weight excluding hydrogens is 414 g/mol. The number of hydrogen-bond donors (Lipinski definition) is 1. The highest BCUT2D eigenvalue weighted by molar-refractivity contribution is 5.88. The van der Waals surface area contributed by atoms with Gasteiger partial charge in [0.05, 0.1) is 12.0 Å². The zero-order valence-corrected chi connectivity index (χ0v) is 18.6. The number of carbonyl (C=O) groups excluding carboxylic acids is 2. The smallest absolute Gasteiger partial charge is 0.311 e.